The van der Waals surface area contributed by atoms with Crippen LogP contribution in [0.25, 0.3) is 0 Å². The standard InChI is InChI=1S/C24H24N2O6/c1-26(15-18-11-6-7-12-19(18)30-2)21(27)16-32-24(29)22(17-9-4-3-5-10-17)25-23(28)20-13-8-14-31-20/h3-14,22H,15-16H2,1-2H3,(H,25,28). The van der Waals surface area contributed by atoms with E-state index in [1.54, 1.807) is 56.6 Å². The first-order chi connectivity index (χ1) is 15.5. The molecule has 0 radical (unpaired) electrons. The third-order valence-electron chi connectivity index (χ3n) is 4.75. The molecule has 2 amide bonds. The summed E-state index contributed by atoms with van der Waals surface area (Å²) in [5, 5.41) is 2.59. The van der Waals surface area contributed by atoms with E-state index in [4.69, 9.17) is 13.9 Å². The van der Waals surface area contributed by atoms with Crippen molar-refractivity contribution in [2.75, 3.05) is 20.8 Å². The Balaban J connectivity index is 1.64. The molecular formula is C24H24N2O6. The predicted molar refractivity (Wildman–Crippen MR) is 116 cm³/mol. The number of methoxy groups -OCH3 is 1. The molecule has 8 heteroatoms. The molecule has 1 unspecified atom stereocenters. The minimum atomic E-state index is -1.10. The van der Waals surface area contributed by atoms with Crippen molar-refractivity contribution in [2.45, 2.75) is 12.6 Å². The highest BCUT2D eigenvalue weighted by Gasteiger charge is 2.26. The van der Waals surface area contributed by atoms with Gasteiger partial charge in [-0.1, -0.05) is 48.5 Å². The molecule has 0 fully saturated rings. The van der Waals surface area contributed by atoms with Crippen LogP contribution in [0.4, 0.5) is 0 Å². The number of likely N-dealkylation sites (N-methyl/N-ethyl adjacent to an activating group) is 1. The van der Waals surface area contributed by atoms with Gasteiger partial charge in [0.15, 0.2) is 18.4 Å². The van der Waals surface area contributed by atoms with Crippen molar-refractivity contribution >= 4 is 17.8 Å². The first-order valence-electron chi connectivity index (χ1n) is 9.91. The minimum absolute atomic E-state index is 0.0614. The van der Waals surface area contributed by atoms with E-state index in [0.29, 0.717) is 11.3 Å². The van der Waals surface area contributed by atoms with Crippen LogP contribution in [-0.2, 0) is 20.9 Å². The lowest BCUT2D eigenvalue weighted by atomic mass is 10.1. The second-order valence-corrected chi connectivity index (χ2v) is 6.96. The van der Waals surface area contributed by atoms with Gasteiger partial charge in [0.2, 0.25) is 0 Å². The van der Waals surface area contributed by atoms with E-state index < -0.39 is 30.4 Å². The number of carbonyl (C=O) groups excluding carboxylic acids is 3. The molecule has 2 aromatic carbocycles. The quantitative estimate of drug-likeness (QED) is 0.518. The first kappa shape index (κ1) is 22.6. The summed E-state index contributed by atoms with van der Waals surface area (Å²) in [5.41, 5.74) is 1.34. The van der Waals surface area contributed by atoms with Crippen LogP contribution < -0.4 is 10.1 Å². The largest absolute Gasteiger partial charge is 0.496 e. The van der Waals surface area contributed by atoms with Crippen molar-refractivity contribution in [1.29, 1.82) is 0 Å². The zero-order chi connectivity index (χ0) is 22.9. The van der Waals surface area contributed by atoms with Gasteiger partial charge < -0.3 is 24.1 Å². The average molecular weight is 436 g/mol. The monoisotopic (exact) mass is 436 g/mol. The Hall–Kier alpha value is -4.07. The van der Waals surface area contributed by atoms with Crippen LogP contribution in [0.15, 0.2) is 77.4 Å². The Morgan fingerprint density at radius 3 is 2.41 bits per heavy atom. The van der Waals surface area contributed by atoms with Gasteiger partial charge in [-0.2, -0.15) is 0 Å². The van der Waals surface area contributed by atoms with E-state index in [0.717, 1.165) is 5.56 Å². The van der Waals surface area contributed by atoms with Gasteiger partial charge in [0.25, 0.3) is 11.8 Å². The molecule has 0 aliphatic heterocycles. The number of amides is 2. The lowest BCUT2D eigenvalue weighted by molar-refractivity contribution is -0.153. The lowest BCUT2D eigenvalue weighted by Gasteiger charge is -2.20. The van der Waals surface area contributed by atoms with Crippen LogP contribution >= 0.6 is 0 Å². The molecule has 166 valence electrons. The molecule has 32 heavy (non-hydrogen) atoms. The lowest BCUT2D eigenvalue weighted by Crippen LogP contribution is -2.37. The maximum Gasteiger partial charge on any atom is 0.333 e. The number of esters is 1. The molecule has 3 rings (SSSR count). The second-order valence-electron chi connectivity index (χ2n) is 6.96. The third kappa shape index (κ3) is 5.75. The van der Waals surface area contributed by atoms with Gasteiger partial charge in [0, 0.05) is 19.2 Å². The van der Waals surface area contributed by atoms with Crippen LogP contribution in [-0.4, -0.2) is 43.4 Å². The number of nitrogens with zero attached hydrogens (tertiary/aromatic N) is 1. The van der Waals surface area contributed by atoms with E-state index in [9.17, 15) is 14.4 Å². The van der Waals surface area contributed by atoms with Gasteiger partial charge in [-0.15, -0.1) is 0 Å². The Kier molecular flexibility index (Phi) is 7.64. The number of hydrogen-bond acceptors (Lipinski definition) is 6. The molecular weight excluding hydrogens is 412 g/mol. The van der Waals surface area contributed by atoms with Crippen molar-refractivity contribution in [3.05, 3.63) is 89.9 Å². The Bertz CT molecular complexity index is 1050. The Labute approximate surface area is 185 Å². The number of nitrogens with one attached hydrogen (secondary N) is 1. The fraction of sp³-hybridized carbons (Fsp3) is 0.208. The number of rotatable bonds is 9. The number of carbonyl (C=O) groups is 3. The van der Waals surface area contributed by atoms with Crippen molar-refractivity contribution in [1.82, 2.24) is 10.2 Å². The Morgan fingerprint density at radius 2 is 1.72 bits per heavy atom. The van der Waals surface area contributed by atoms with E-state index in [-0.39, 0.29) is 12.3 Å². The molecule has 0 saturated heterocycles. The number of benzene rings is 2. The van der Waals surface area contributed by atoms with Gasteiger partial charge in [-0.05, 0) is 23.8 Å². The second kappa shape index (κ2) is 10.8. The van der Waals surface area contributed by atoms with Crippen LogP contribution in [0.3, 0.4) is 0 Å². The van der Waals surface area contributed by atoms with Crippen molar-refractivity contribution in [3.8, 4) is 5.75 Å². The topological polar surface area (TPSA) is 98.1 Å². The summed E-state index contributed by atoms with van der Waals surface area (Å²) in [6.45, 7) is -0.178. The molecule has 1 N–H and O–H groups in total. The molecule has 1 aromatic heterocycles. The van der Waals surface area contributed by atoms with Crippen molar-refractivity contribution < 1.29 is 28.3 Å². The Morgan fingerprint density at radius 1 is 1.00 bits per heavy atom. The van der Waals surface area contributed by atoms with E-state index in [1.165, 1.54) is 17.2 Å². The summed E-state index contributed by atoms with van der Waals surface area (Å²) in [5.74, 6) is -0.996. The molecule has 0 aliphatic rings. The minimum Gasteiger partial charge on any atom is -0.496 e. The highest BCUT2D eigenvalue weighted by molar-refractivity contribution is 5.95. The van der Waals surface area contributed by atoms with Crippen LogP contribution in [0.5, 0.6) is 5.75 Å². The van der Waals surface area contributed by atoms with Crippen molar-refractivity contribution in [3.63, 3.8) is 0 Å². The highest BCUT2D eigenvalue weighted by Crippen LogP contribution is 2.19. The molecule has 1 heterocycles. The summed E-state index contributed by atoms with van der Waals surface area (Å²) in [7, 11) is 3.17. The van der Waals surface area contributed by atoms with Gasteiger partial charge in [0.1, 0.15) is 5.75 Å². The zero-order valence-electron chi connectivity index (χ0n) is 17.8. The SMILES string of the molecule is COc1ccccc1CN(C)C(=O)COC(=O)C(NC(=O)c1ccco1)c1ccccc1. The summed E-state index contributed by atoms with van der Waals surface area (Å²) in [4.78, 5) is 39.1. The van der Waals surface area contributed by atoms with Gasteiger partial charge in [0.05, 0.1) is 13.4 Å². The van der Waals surface area contributed by atoms with Gasteiger partial charge >= 0.3 is 5.97 Å². The number of hydrogen-bond donors (Lipinski definition) is 1. The van der Waals surface area contributed by atoms with Gasteiger partial charge in [-0.25, -0.2) is 4.79 Å². The van der Waals surface area contributed by atoms with E-state index in [2.05, 4.69) is 5.32 Å². The molecule has 1 atom stereocenters. The number of ether oxygens (including phenoxy) is 2. The summed E-state index contributed by atoms with van der Waals surface area (Å²) in [6, 6.07) is 17.9. The fourth-order valence-electron chi connectivity index (χ4n) is 3.04. The predicted octanol–water partition coefficient (Wildman–Crippen LogP) is 2.96. The summed E-state index contributed by atoms with van der Waals surface area (Å²) < 4.78 is 15.6. The smallest absolute Gasteiger partial charge is 0.333 e. The van der Waals surface area contributed by atoms with E-state index >= 15 is 0 Å². The molecule has 0 saturated carbocycles. The molecule has 0 bridgehead atoms. The molecule has 0 spiro atoms. The third-order valence-corrected chi connectivity index (χ3v) is 4.75. The maximum atomic E-state index is 12.8. The van der Waals surface area contributed by atoms with Crippen molar-refractivity contribution in [2.24, 2.45) is 0 Å². The van der Waals surface area contributed by atoms with E-state index in [1.807, 2.05) is 18.2 Å². The zero-order valence-corrected chi connectivity index (χ0v) is 17.8. The normalized spacial score (nSPS) is 11.3. The van der Waals surface area contributed by atoms with Crippen LogP contribution in [0, 0.1) is 0 Å². The summed E-state index contributed by atoms with van der Waals surface area (Å²) >= 11 is 0. The summed E-state index contributed by atoms with van der Waals surface area (Å²) in [6.07, 6.45) is 1.36. The fourth-order valence-corrected chi connectivity index (χ4v) is 3.04. The average Bonchev–Trinajstić information content (AvgIpc) is 3.36. The molecule has 8 nitrogen and oxygen atoms in total. The molecule has 3 aromatic rings. The van der Waals surface area contributed by atoms with Crippen LogP contribution in [0.1, 0.15) is 27.7 Å². The maximum absolute atomic E-state index is 12.8. The van der Waals surface area contributed by atoms with Crippen LogP contribution in [0.2, 0.25) is 0 Å². The van der Waals surface area contributed by atoms with Gasteiger partial charge in [-0.3, -0.25) is 9.59 Å². The number of furan rings is 1. The first-order valence-corrected chi connectivity index (χ1v) is 9.91. The molecule has 0 aliphatic carbocycles. The highest BCUT2D eigenvalue weighted by atomic mass is 16.5. The number of para-hydroxylation sites is 1.